The molecular weight excluding hydrogens is 362 g/mol. The lowest BCUT2D eigenvalue weighted by molar-refractivity contribution is -0.166. The largest absolute Gasteiger partial charge is 0.442 e. The summed E-state index contributed by atoms with van der Waals surface area (Å²) >= 11 is 1.74. The van der Waals surface area contributed by atoms with E-state index < -0.39 is 11.8 Å². The summed E-state index contributed by atoms with van der Waals surface area (Å²) in [4.78, 5) is 11.0. The lowest BCUT2D eigenvalue weighted by Crippen LogP contribution is -2.31. The topological polar surface area (TPSA) is 53.8 Å². The van der Waals surface area contributed by atoms with Gasteiger partial charge in [0.05, 0.1) is 5.69 Å². The third-order valence-electron chi connectivity index (χ3n) is 2.38. The van der Waals surface area contributed by atoms with Gasteiger partial charge in [-0.15, -0.1) is 10.2 Å². The zero-order chi connectivity index (χ0) is 13.6. The van der Waals surface area contributed by atoms with Gasteiger partial charge in [-0.1, -0.05) is 12.1 Å². The predicted octanol–water partition coefficient (Wildman–Crippen LogP) is 3.43. The predicted molar refractivity (Wildman–Crippen MR) is 66.1 cm³/mol. The van der Waals surface area contributed by atoms with Crippen molar-refractivity contribution < 1.29 is 18.0 Å². The van der Waals surface area contributed by atoms with E-state index in [9.17, 15) is 18.0 Å². The lowest BCUT2D eigenvalue weighted by Gasteiger charge is -2.17. The molecule has 0 atom stereocenters. The van der Waals surface area contributed by atoms with Gasteiger partial charge >= 0.3 is 11.8 Å². The maximum atomic E-state index is 12.9. The fourth-order valence-corrected chi connectivity index (χ4v) is 2.38. The second-order valence-corrected chi connectivity index (χ2v) is 4.80. The van der Waals surface area contributed by atoms with Crippen LogP contribution in [0.1, 0.15) is 12.5 Å². The molecule has 1 heterocycles. The van der Waals surface area contributed by atoms with Crippen molar-refractivity contribution in [3.8, 4) is 0 Å². The molecule has 0 radical (unpaired) electrons. The highest BCUT2D eigenvalue weighted by Crippen LogP contribution is 2.54. The first-order valence-electron chi connectivity index (χ1n) is 4.85. The molecule has 1 N–H and O–H groups in total. The van der Waals surface area contributed by atoms with Crippen molar-refractivity contribution in [3.63, 3.8) is 0 Å². The van der Waals surface area contributed by atoms with Crippen LogP contribution in [0.5, 0.6) is 0 Å². The van der Waals surface area contributed by atoms with Crippen LogP contribution in [0.2, 0.25) is 0 Å². The Labute approximate surface area is 114 Å². The Morgan fingerprint density at radius 2 is 2.00 bits per heavy atom. The average Bonchev–Trinajstić information content (AvgIpc) is 3.00. The molecule has 0 saturated heterocycles. The maximum absolute atomic E-state index is 12.9. The number of anilines is 1. The van der Waals surface area contributed by atoms with Crippen LogP contribution in [-0.2, 0) is 10.5 Å². The van der Waals surface area contributed by atoms with Gasteiger partial charge in [-0.25, -0.2) is 0 Å². The van der Waals surface area contributed by atoms with E-state index in [1.807, 2.05) is 0 Å². The minimum atomic E-state index is -4.57. The number of alkyl halides is 3. The Morgan fingerprint density at radius 3 is 2.44 bits per heavy atom. The molecule has 0 aliphatic carbocycles. The van der Waals surface area contributed by atoms with E-state index in [-0.39, 0.29) is 15.0 Å². The SMILES string of the molecule is CC(=O)Nc1cccc(C2(C(F)(F)F)N=N2)c1I. The first-order valence-corrected chi connectivity index (χ1v) is 5.93. The van der Waals surface area contributed by atoms with Crippen molar-refractivity contribution in [2.24, 2.45) is 10.2 Å². The van der Waals surface area contributed by atoms with Crippen LogP contribution in [0.4, 0.5) is 18.9 Å². The Kier molecular flexibility index (Phi) is 3.07. The zero-order valence-electron chi connectivity index (χ0n) is 9.05. The van der Waals surface area contributed by atoms with E-state index in [1.54, 1.807) is 22.6 Å². The minimum absolute atomic E-state index is 0.0677. The Bertz CT molecular complexity index is 536. The minimum Gasteiger partial charge on any atom is -0.325 e. The quantitative estimate of drug-likeness (QED) is 0.798. The van der Waals surface area contributed by atoms with E-state index in [1.165, 1.54) is 25.1 Å². The summed E-state index contributed by atoms with van der Waals surface area (Å²) < 4.78 is 38.9. The van der Waals surface area contributed by atoms with E-state index in [0.717, 1.165) is 0 Å². The summed E-state index contributed by atoms with van der Waals surface area (Å²) in [6.45, 7) is 1.29. The Morgan fingerprint density at radius 1 is 1.39 bits per heavy atom. The van der Waals surface area contributed by atoms with Crippen molar-refractivity contribution in [2.45, 2.75) is 18.8 Å². The third kappa shape index (κ3) is 2.08. The summed E-state index contributed by atoms with van der Waals surface area (Å²) in [6.07, 6.45) is -4.57. The second kappa shape index (κ2) is 4.18. The van der Waals surface area contributed by atoms with E-state index in [4.69, 9.17) is 0 Å². The molecular formula is C10H7F3IN3O. The van der Waals surface area contributed by atoms with E-state index in [2.05, 4.69) is 15.5 Å². The molecule has 0 fully saturated rings. The van der Waals surface area contributed by atoms with E-state index >= 15 is 0 Å². The van der Waals surface area contributed by atoms with Crippen LogP contribution in [0.25, 0.3) is 0 Å². The fourth-order valence-electron chi connectivity index (χ4n) is 1.51. The highest BCUT2D eigenvalue weighted by atomic mass is 127. The highest BCUT2D eigenvalue weighted by Gasteiger charge is 2.65. The standard InChI is InChI=1S/C10H7F3IN3O/c1-5(18)15-7-4-2-3-6(8(7)14)9(16-17-9)10(11,12)13/h2-4H,1H3,(H,15,18). The van der Waals surface area contributed by atoms with Gasteiger partial charge in [-0.2, -0.15) is 13.2 Å². The Hall–Kier alpha value is -1.19. The smallest absolute Gasteiger partial charge is 0.325 e. The number of benzene rings is 1. The van der Waals surface area contributed by atoms with Crippen LogP contribution in [0, 0.1) is 3.57 Å². The molecule has 0 saturated carbocycles. The molecule has 18 heavy (non-hydrogen) atoms. The molecule has 0 aromatic heterocycles. The number of rotatable bonds is 2. The number of nitrogens with one attached hydrogen (secondary N) is 1. The van der Waals surface area contributed by atoms with Crippen LogP contribution >= 0.6 is 22.6 Å². The maximum Gasteiger partial charge on any atom is 0.442 e. The van der Waals surface area contributed by atoms with Crippen molar-refractivity contribution >= 4 is 34.2 Å². The van der Waals surface area contributed by atoms with Crippen LogP contribution in [0.15, 0.2) is 28.4 Å². The number of nitrogens with zero attached hydrogens (tertiary/aromatic N) is 2. The van der Waals surface area contributed by atoms with Gasteiger partial charge in [0, 0.05) is 16.1 Å². The third-order valence-corrected chi connectivity index (χ3v) is 3.54. The van der Waals surface area contributed by atoms with Crippen molar-refractivity contribution in [1.82, 2.24) is 0 Å². The fraction of sp³-hybridized carbons (Fsp3) is 0.300. The van der Waals surface area contributed by atoms with Gasteiger partial charge in [0.15, 0.2) is 0 Å². The molecule has 0 bridgehead atoms. The van der Waals surface area contributed by atoms with Crippen molar-refractivity contribution in [1.29, 1.82) is 0 Å². The number of carbonyl (C=O) groups is 1. The van der Waals surface area contributed by atoms with Gasteiger partial charge in [-0.05, 0) is 28.7 Å². The zero-order valence-corrected chi connectivity index (χ0v) is 11.2. The summed E-state index contributed by atoms with van der Waals surface area (Å²) in [5.74, 6) is -0.351. The number of carbonyl (C=O) groups excluding carboxylic acids is 1. The number of halogens is 4. The molecule has 8 heteroatoms. The molecule has 96 valence electrons. The van der Waals surface area contributed by atoms with Gasteiger partial charge in [0.1, 0.15) is 0 Å². The molecule has 0 spiro atoms. The normalized spacial score (nSPS) is 16.5. The molecule has 1 aromatic carbocycles. The molecule has 1 aliphatic rings. The summed E-state index contributed by atoms with van der Waals surface area (Å²) in [5.41, 5.74) is -2.21. The average molecular weight is 369 g/mol. The summed E-state index contributed by atoms with van der Waals surface area (Å²) in [7, 11) is 0. The Balaban J connectivity index is 2.45. The van der Waals surface area contributed by atoms with Gasteiger partial charge in [0.2, 0.25) is 5.91 Å². The van der Waals surface area contributed by atoms with Crippen LogP contribution < -0.4 is 5.32 Å². The second-order valence-electron chi connectivity index (χ2n) is 3.72. The number of amides is 1. The molecule has 1 amide bonds. The van der Waals surface area contributed by atoms with Gasteiger partial charge in [0.25, 0.3) is 0 Å². The summed E-state index contributed by atoms with van der Waals surface area (Å²) in [5, 5.41) is 8.75. The van der Waals surface area contributed by atoms with Crippen molar-refractivity contribution in [3.05, 3.63) is 27.3 Å². The molecule has 1 aromatic rings. The summed E-state index contributed by atoms with van der Waals surface area (Å²) in [6, 6.07) is 4.26. The lowest BCUT2D eigenvalue weighted by atomic mass is 10.0. The molecule has 1 aliphatic heterocycles. The highest BCUT2D eigenvalue weighted by molar-refractivity contribution is 14.1. The molecule has 2 rings (SSSR count). The monoisotopic (exact) mass is 369 g/mol. The first-order chi connectivity index (χ1) is 8.28. The molecule has 4 nitrogen and oxygen atoms in total. The van der Waals surface area contributed by atoms with Crippen LogP contribution in [-0.4, -0.2) is 12.1 Å². The molecule has 0 unspecified atom stereocenters. The number of hydrogen-bond donors (Lipinski definition) is 1. The van der Waals surface area contributed by atoms with Gasteiger partial charge in [-0.3, -0.25) is 4.79 Å². The van der Waals surface area contributed by atoms with Crippen molar-refractivity contribution in [2.75, 3.05) is 5.32 Å². The van der Waals surface area contributed by atoms with Crippen LogP contribution in [0.3, 0.4) is 0 Å². The number of hydrogen-bond acceptors (Lipinski definition) is 3. The van der Waals surface area contributed by atoms with E-state index in [0.29, 0.717) is 5.69 Å². The first kappa shape index (κ1) is 13.2. The van der Waals surface area contributed by atoms with Gasteiger partial charge < -0.3 is 5.32 Å².